The van der Waals surface area contributed by atoms with E-state index >= 15 is 0 Å². The molecule has 1 aliphatic rings. The molecule has 2 atom stereocenters. The monoisotopic (exact) mass is 933 g/mol. The van der Waals surface area contributed by atoms with Crippen LogP contribution in [0.25, 0.3) is 0 Å². The zero-order valence-corrected chi connectivity index (χ0v) is 41.0. The van der Waals surface area contributed by atoms with E-state index in [9.17, 15) is 33.4 Å². The van der Waals surface area contributed by atoms with Crippen molar-refractivity contribution in [2.24, 2.45) is 0 Å². The Balaban J connectivity index is 2.41. The molecular weight excluding hydrogens is 848 g/mol. The molecule has 2 unspecified atom stereocenters. The van der Waals surface area contributed by atoms with Crippen LogP contribution in [0.3, 0.4) is 0 Å². The molecule has 0 spiro atoms. The van der Waals surface area contributed by atoms with Crippen LogP contribution in [-0.4, -0.2) is 78.5 Å². The molecule has 0 bridgehead atoms. The number of carbonyl (C=O) groups is 5. The number of amides is 3. The lowest BCUT2D eigenvalue weighted by Crippen LogP contribution is -2.31. The number of imide groups is 1. The topological polar surface area (TPSA) is 175 Å². The molecule has 1 heterocycles. The van der Waals surface area contributed by atoms with Gasteiger partial charge in [-0.1, -0.05) is 133 Å². The van der Waals surface area contributed by atoms with Gasteiger partial charge in [0.1, 0.15) is 6.61 Å². The summed E-state index contributed by atoms with van der Waals surface area (Å²) >= 11 is 0. The van der Waals surface area contributed by atoms with E-state index in [0.29, 0.717) is 38.6 Å². The number of hydrogen-bond acceptors (Lipinski definition) is 10. The summed E-state index contributed by atoms with van der Waals surface area (Å²) in [6, 6.07) is 0. The molecule has 0 fully saturated rings. The Morgan fingerprint density at radius 2 is 1.06 bits per heavy atom. The lowest BCUT2D eigenvalue weighted by molar-refractivity contribution is -0.161. The highest BCUT2D eigenvalue weighted by Gasteiger charge is 2.26. The Morgan fingerprint density at radius 3 is 1.60 bits per heavy atom. The van der Waals surface area contributed by atoms with Crippen LogP contribution in [0.2, 0.25) is 0 Å². The minimum absolute atomic E-state index is 0.0487. The highest BCUT2D eigenvalue weighted by Crippen LogP contribution is 2.43. The van der Waals surface area contributed by atoms with Crippen molar-refractivity contribution in [2.75, 3.05) is 32.9 Å². The number of esters is 2. The maximum atomic E-state index is 12.8. The first-order valence-corrected chi connectivity index (χ1v) is 26.4. The summed E-state index contributed by atoms with van der Waals surface area (Å²) in [6.45, 7) is 3.50. The highest BCUT2D eigenvalue weighted by molar-refractivity contribution is 7.47. The Labute approximate surface area is 391 Å². The van der Waals surface area contributed by atoms with Crippen LogP contribution in [0.1, 0.15) is 194 Å². The van der Waals surface area contributed by atoms with Gasteiger partial charge in [-0.25, -0.2) is 4.57 Å². The van der Waals surface area contributed by atoms with Gasteiger partial charge in [-0.15, -0.1) is 0 Å². The van der Waals surface area contributed by atoms with Crippen LogP contribution in [-0.2, 0) is 47.1 Å². The van der Waals surface area contributed by atoms with Gasteiger partial charge in [0.2, 0.25) is 5.91 Å². The fourth-order valence-corrected chi connectivity index (χ4v) is 7.57. The number of rotatable bonds is 44. The average Bonchev–Trinajstić information content (AvgIpc) is 3.61. The largest absolute Gasteiger partial charge is 0.472 e. The van der Waals surface area contributed by atoms with E-state index < -0.39 is 32.5 Å². The van der Waals surface area contributed by atoms with E-state index in [1.165, 1.54) is 50.7 Å². The van der Waals surface area contributed by atoms with Gasteiger partial charge >= 0.3 is 19.8 Å². The first kappa shape index (κ1) is 59.4. The molecule has 370 valence electrons. The molecule has 3 amide bonds. The summed E-state index contributed by atoms with van der Waals surface area (Å²) in [4.78, 5) is 72.3. The molecule has 0 aromatic rings. The summed E-state index contributed by atoms with van der Waals surface area (Å²) < 4.78 is 33.8. The third kappa shape index (κ3) is 37.2. The van der Waals surface area contributed by atoms with E-state index in [0.717, 1.165) is 94.8 Å². The van der Waals surface area contributed by atoms with Crippen molar-refractivity contribution < 1.29 is 52.0 Å². The fraction of sp³-hybridized carbons (Fsp3) is 0.706. The maximum Gasteiger partial charge on any atom is 0.472 e. The predicted molar refractivity (Wildman–Crippen MR) is 259 cm³/mol. The highest BCUT2D eigenvalue weighted by atomic mass is 31.2. The quantitative estimate of drug-likeness (QED) is 0.0196. The molecule has 0 saturated heterocycles. The minimum Gasteiger partial charge on any atom is -0.462 e. The van der Waals surface area contributed by atoms with Gasteiger partial charge in [-0.2, -0.15) is 0 Å². The molecule has 1 rings (SSSR count). The molecule has 65 heavy (non-hydrogen) atoms. The van der Waals surface area contributed by atoms with E-state index in [-0.39, 0.29) is 56.7 Å². The summed E-state index contributed by atoms with van der Waals surface area (Å²) in [5.74, 6) is -1.91. The summed E-state index contributed by atoms with van der Waals surface area (Å²) in [7, 11) is -4.61. The van der Waals surface area contributed by atoms with Gasteiger partial charge in [0.05, 0.1) is 13.2 Å². The Kier molecular flexibility index (Phi) is 38.2. The zero-order valence-electron chi connectivity index (χ0n) is 40.1. The van der Waals surface area contributed by atoms with E-state index in [4.69, 9.17) is 18.5 Å². The number of nitrogens with zero attached hydrogens (tertiary/aromatic N) is 1. The zero-order chi connectivity index (χ0) is 47.5. The van der Waals surface area contributed by atoms with Crippen LogP contribution in [0.5, 0.6) is 0 Å². The van der Waals surface area contributed by atoms with Crippen molar-refractivity contribution in [2.45, 2.75) is 200 Å². The fourth-order valence-electron chi connectivity index (χ4n) is 6.82. The number of carbonyl (C=O) groups excluding carboxylic acids is 5. The van der Waals surface area contributed by atoms with Crippen LogP contribution >= 0.6 is 7.82 Å². The van der Waals surface area contributed by atoms with Crippen molar-refractivity contribution in [1.82, 2.24) is 10.2 Å². The molecule has 1 aliphatic heterocycles. The second kappa shape index (κ2) is 41.8. The van der Waals surface area contributed by atoms with Crippen LogP contribution in [0, 0.1) is 0 Å². The predicted octanol–water partition coefficient (Wildman–Crippen LogP) is 11.8. The third-order valence-corrected chi connectivity index (χ3v) is 11.7. The normalized spacial score (nSPS) is 14.4. The lowest BCUT2D eigenvalue weighted by Gasteiger charge is -2.20. The third-order valence-electron chi connectivity index (χ3n) is 10.7. The smallest absolute Gasteiger partial charge is 0.462 e. The molecule has 0 aliphatic carbocycles. The van der Waals surface area contributed by atoms with Crippen LogP contribution in [0.15, 0.2) is 60.8 Å². The molecule has 0 aromatic carbocycles. The standard InChI is InChI=1S/C51H85N2O11P/c1-3-5-7-9-11-13-15-17-19-21-23-25-27-29-33-37-50(57)61-44-46(64-51(58)38-34-30-28-26-24-22-20-18-16-14-12-10-8-6-4-2)45-63-65(59,60)62-43-41-52-47(54)36-32-31-35-42-53-48(55)39-40-49(53)56/h11-14,17-20,39-40,46H,3-10,15-16,21-38,41-45H2,1-2H3,(H,52,54)(H,59,60)/b13-11-,14-12-,19-17-,20-18-. The summed E-state index contributed by atoms with van der Waals surface area (Å²) in [6.07, 6.45) is 44.8. The molecule has 0 saturated carbocycles. The average molecular weight is 933 g/mol. The number of phosphoric acid groups is 1. The van der Waals surface area contributed by atoms with Gasteiger partial charge in [-0.05, 0) is 89.9 Å². The second-order valence-corrected chi connectivity index (χ2v) is 18.1. The number of ether oxygens (including phenoxy) is 2. The van der Waals surface area contributed by atoms with Gasteiger partial charge in [0, 0.05) is 44.5 Å². The van der Waals surface area contributed by atoms with Crippen LogP contribution < -0.4 is 5.32 Å². The lowest BCUT2D eigenvalue weighted by atomic mass is 10.1. The molecule has 0 aromatic heterocycles. The minimum atomic E-state index is -4.61. The van der Waals surface area contributed by atoms with Gasteiger partial charge in [0.25, 0.3) is 11.8 Å². The number of allylic oxidation sites excluding steroid dienone is 8. The molecule has 14 heteroatoms. The second-order valence-electron chi connectivity index (χ2n) is 16.7. The SMILES string of the molecule is CCCCC/C=C\C/C=C\CCCCCCCC(=O)OCC(COP(=O)(O)OCCNC(=O)CCCCCN1C(=O)C=CC1=O)OC(=O)CCCCCCC/C=C\C/C=C\CCCCC. The number of phosphoric ester groups is 1. The first-order valence-electron chi connectivity index (χ1n) is 24.9. The van der Waals surface area contributed by atoms with Crippen molar-refractivity contribution in [3.8, 4) is 0 Å². The molecule has 0 radical (unpaired) electrons. The molecule has 2 N–H and O–H groups in total. The summed E-state index contributed by atoms with van der Waals surface area (Å²) in [5.41, 5.74) is 0. The van der Waals surface area contributed by atoms with E-state index in [1.807, 2.05) is 0 Å². The number of hydrogen-bond donors (Lipinski definition) is 2. The van der Waals surface area contributed by atoms with Gasteiger partial charge in [-0.3, -0.25) is 37.9 Å². The van der Waals surface area contributed by atoms with Crippen molar-refractivity contribution in [1.29, 1.82) is 0 Å². The van der Waals surface area contributed by atoms with Crippen molar-refractivity contribution >= 4 is 37.5 Å². The van der Waals surface area contributed by atoms with E-state index in [1.54, 1.807) is 0 Å². The number of unbranched alkanes of at least 4 members (excludes halogenated alkanes) is 18. The van der Waals surface area contributed by atoms with E-state index in [2.05, 4.69) is 67.8 Å². The van der Waals surface area contributed by atoms with Gasteiger partial charge in [0.15, 0.2) is 6.10 Å². The Morgan fingerprint density at radius 1 is 0.600 bits per heavy atom. The number of nitrogens with one attached hydrogen (secondary N) is 1. The van der Waals surface area contributed by atoms with Crippen LogP contribution in [0.4, 0.5) is 0 Å². The Hall–Kier alpha value is -3.64. The molecular formula is C51H85N2O11P. The molecule has 13 nitrogen and oxygen atoms in total. The maximum absolute atomic E-state index is 12.8. The summed E-state index contributed by atoms with van der Waals surface area (Å²) in [5, 5.41) is 2.61. The first-order chi connectivity index (χ1) is 31.6. The van der Waals surface area contributed by atoms with Crippen molar-refractivity contribution in [3.05, 3.63) is 60.8 Å². The van der Waals surface area contributed by atoms with Gasteiger partial charge < -0.3 is 19.7 Å². The van der Waals surface area contributed by atoms with Crippen molar-refractivity contribution in [3.63, 3.8) is 0 Å². The Bertz CT molecular complexity index is 1470.